The minimum Gasteiger partial charge on any atom is -0.466 e. The second-order valence-corrected chi connectivity index (χ2v) is 9.30. The molecule has 0 amide bonds. The Hall–Kier alpha value is -1.06. The highest BCUT2D eigenvalue weighted by atomic mass is 16.5. The van der Waals surface area contributed by atoms with Gasteiger partial charge in [0.1, 0.15) is 0 Å². The van der Waals surface area contributed by atoms with Crippen molar-refractivity contribution in [1.82, 2.24) is 0 Å². The maximum absolute atomic E-state index is 11.8. The van der Waals surface area contributed by atoms with Gasteiger partial charge in [-0.25, -0.2) is 0 Å². The monoisotopic (exact) mass is 454 g/mol. The van der Waals surface area contributed by atoms with Crippen LogP contribution in [0.5, 0.6) is 0 Å². The molecule has 32 heavy (non-hydrogen) atoms. The second-order valence-electron chi connectivity index (χ2n) is 9.30. The quantitative estimate of drug-likeness (QED) is 0.102. The zero-order valence-electron chi connectivity index (χ0n) is 21.6. The molecule has 0 heterocycles. The van der Waals surface area contributed by atoms with Gasteiger partial charge < -0.3 is 9.47 Å². The summed E-state index contributed by atoms with van der Waals surface area (Å²) in [6.45, 7) is 5.52. The number of esters is 2. The molecule has 0 atom stereocenters. The molecule has 0 aliphatic carbocycles. The van der Waals surface area contributed by atoms with Crippen molar-refractivity contribution in [1.29, 1.82) is 0 Å². The minimum absolute atomic E-state index is 0.187. The first-order valence-electron chi connectivity index (χ1n) is 14.0. The van der Waals surface area contributed by atoms with Crippen LogP contribution in [-0.4, -0.2) is 25.2 Å². The van der Waals surface area contributed by atoms with Crippen LogP contribution in [0.2, 0.25) is 0 Å². The lowest BCUT2D eigenvalue weighted by Crippen LogP contribution is -2.09. The van der Waals surface area contributed by atoms with Crippen LogP contribution >= 0.6 is 0 Å². The van der Waals surface area contributed by atoms with Gasteiger partial charge in [0, 0.05) is 12.8 Å². The van der Waals surface area contributed by atoms with Gasteiger partial charge in [0.25, 0.3) is 0 Å². The van der Waals surface area contributed by atoms with E-state index in [0.717, 1.165) is 25.7 Å². The Morgan fingerprint density at radius 2 is 0.688 bits per heavy atom. The van der Waals surface area contributed by atoms with E-state index >= 15 is 0 Å². The smallest absolute Gasteiger partial charge is 0.305 e. The highest BCUT2D eigenvalue weighted by Crippen LogP contribution is 2.11. The Bertz CT molecular complexity index is 408. The molecule has 0 aromatic carbocycles. The topological polar surface area (TPSA) is 52.6 Å². The van der Waals surface area contributed by atoms with Crippen molar-refractivity contribution < 1.29 is 19.1 Å². The predicted molar refractivity (Wildman–Crippen MR) is 135 cm³/mol. The van der Waals surface area contributed by atoms with Gasteiger partial charge in [0.05, 0.1) is 13.2 Å². The molecule has 0 aliphatic rings. The third kappa shape index (κ3) is 25.2. The van der Waals surface area contributed by atoms with E-state index in [-0.39, 0.29) is 11.9 Å². The SMILES string of the molecule is CCCCCCCCCCCCOC(=O)CCCC(=O)OCCCCCCCCCCC. The van der Waals surface area contributed by atoms with E-state index < -0.39 is 0 Å². The van der Waals surface area contributed by atoms with Gasteiger partial charge in [0.2, 0.25) is 0 Å². The van der Waals surface area contributed by atoms with E-state index in [2.05, 4.69) is 13.8 Å². The Kier molecular flexibility index (Phi) is 25.3. The van der Waals surface area contributed by atoms with Crippen molar-refractivity contribution >= 4 is 11.9 Å². The number of rotatable bonds is 25. The second kappa shape index (κ2) is 26.2. The van der Waals surface area contributed by atoms with Crippen molar-refractivity contribution in [2.24, 2.45) is 0 Å². The summed E-state index contributed by atoms with van der Waals surface area (Å²) in [5, 5.41) is 0. The van der Waals surface area contributed by atoms with E-state index in [4.69, 9.17) is 9.47 Å². The van der Waals surface area contributed by atoms with E-state index in [0.29, 0.717) is 32.5 Å². The molecule has 0 saturated carbocycles. The fourth-order valence-electron chi connectivity index (χ4n) is 3.90. The summed E-state index contributed by atoms with van der Waals surface area (Å²) in [6, 6.07) is 0. The van der Waals surface area contributed by atoms with Gasteiger partial charge in [-0.3, -0.25) is 9.59 Å². The van der Waals surface area contributed by atoms with Crippen molar-refractivity contribution in [2.75, 3.05) is 13.2 Å². The van der Waals surface area contributed by atoms with Crippen LogP contribution in [0, 0.1) is 0 Å². The zero-order valence-corrected chi connectivity index (χ0v) is 21.6. The van der Waals surface area contributed by atoms with Gasteiger partial charge >= 0.3 is 11.9 Å². The molecular weight excluding hydrogens is 400 g/mol. The van der Waals surface area contributed by atoms with Crippen LogP contribution in [0.25, 0.3) is 0 Å². The van der Waals surface area contributed by atoms with E-state index in [9.17, 15) is 9.59 Å². The summed E-state index contributed by atoms with van der Waals surface area (Å²) >= 11 is 0. The summed E-state index contributed by atoms with van der Waals surface area (Å²) in [4.78, 5) is 23.5. The lowest BCUT2D eigenvalue weighted by Gasteiger charge is -2.06. The van der Waals surface area contributed by atoms with E-state index in [1.165, 1.54) is 96.3 Å². The summed E-state index contributed by atoms with van der Waals surface area (Å²) in [5.41, 5.74) is 0. The van der Waals surface area contributed by atoms with Gasteiger partial charge in [-0.15, -0.1) is 0 Å². The van der Waals surface area contributed by atoms with Crippen molar-refractivity contribution in [3.8, 4) is 0 Å². The molecule has 190 valence electrons. The molecule has 0 spiro atoms. The molecule has 0 saturated heterocycles. The standard InChI is InChI=1S/C28H54O4/c1-3-5-7-9-11-13-15-17-19-21-26-32-28(30)24-22-23-27(29)31-25-20-18-16-14-12-10-8-6-4-2/h3-26H2,1-2H3. The third-order valence-electron chi connectivity index (χ3n) is 6.03. The molecule has 4 heteroatoms. The Labute approximate surface area is 199 Å². The molecule has 0 aliphatic heterocycles. The first kappa shape index (κ1) is 30.9. The molecule has 0 unspecified atom stereocenters. The average molecular weight is 455 g/mol. The molecule has 0 rings (SSSR count). The highest BCUT2D eigenvalue weighted by molar-refractivity contribution is 5.72. The number of ether oxygens (including phenoxy) is 2. The van der Waals surface area contributed by atoms with Crippen LogP contribution in [-0.2, 0) is 19.1 Å². The van der Waals surface area contributed by atoms with Gasteiger partial charge in [-0.2, -0.15) is 0 Å². The number of carbonyl (C=O) groups is 2. The van der Waals surface area contributed by atoms with Gasteiger partial charge in [-0.1, -0.05) is 123 Å². The number of carbonyl (C=O) groups excluding carboxylic acids is 2. The maximum atomic E-state index is 11.8. The normalized spacial score (nSPS) is 10.9. The summed E-state index contributed by atoms with van der Waals surface area (Å²) < 4.78 is 10.5. The zero-order chi connectivity index (χ0) is 23.5. The number of hydrogen-bond acceptors (Lipinski definition) is 4. The average Bonchev–Trinajstić information content (AvgIpc) is 2.78. The van der Waals surface area contributed by atoms with Crippen molar-refractivity contribution in [3.05, 3.63) is 0 Å². The molecule has 4 nitrogen and oxygen atoms in total. The molecule has 0 radical (unpaired) electrons. The first-order valence-corrected chi connectivity index (χ1v) is 14.0. The Morgan fingerprint density at radius 1 is 0.406 bits per heavy atom. The van der Waals surface area contributed by atoms with Crippen LogP contribution in [0.1, 0.15) is 155 Å². The largest absolute Gasteiger partial charge is 0.466 e. The maximum Gasteiger partial charge on any atom is 0.305 e. The van der Waals surface area contributed by atoms with Crippen molar-refractivity contribution in [2.45, 2.75) is 155 Å². The van der Waals surface area contributed by atoms with Crippen molar-refractivity contribution in [3.63, 3.8) is 0 Å². The fourth-order valence-corrected chi connectivity index (χ4v) is 3.90. The minimum atomic E-state index is -0.188. The van der Waals surface area contributed by atoms with E-state index in [1.807, 2.05) is 0 Å². The molecule has 0 aromatic heterocycles. The molecule has 0 N–H and O–H groups in total. The van der Waals surface area contributed by atoms with Crippen LogP contribution in [0.3, 0.4) is 0 Å². The fraction of sp³-hybridized carbons (Fsp3) is 0.929. The molecular formula is C28H54O4. The van der Waals surface area contributed by atoms with Crippen LogP contribution in [0.4, 0.5) is 0 Å². The number of unbranched alkanes of at least 4 members (excludes halogenated alkanes) is 17. The summed E-state index contributed by atoms with van der Waals surface area (Å²) in [7, 11) is 0. The summed E-state index contributed by atoms with van der Waals surface area (Å²) in [6.07, 6.45) is 25.2. The lowest BCUT2D eigenvalue weighted by atomic mass is 10.1. The first-order chi connectivity index (χ1) is 15.7. The highest BCUT2D eigenvalue weighted by Gasteiger charge is 2.07. The predicted octanol–water partition coefficient (Wildman–Crippen LogP) is 8.69. The molecule has 0 fully saturated rings. The Balaban J connectivity index is 3.29. The summed E-state index contributed by atoms with van der Waals surface area (Å²) in [5.74, 6) is -0.375. The van der Waals surface area contributed by atoms with Crippen LogP contribution in [0.15, 0.2) is 0 Å². The van der Waals surface area contributed by atoms with Gasteiger partial charge in [-0.05, 0) is 19.3 Å². The molecule has 0 bridgehead atoms. The Morgan fingerprint density at radius 3 is 1.00 bits per heavy atom. The lowest BCUT2D eigenvalue weighted by molar-refractivity contribution is -0.145. The molecule has 0 aromatic rings. The van der Waals surface area contributed by atoms with E-state index in [1.54, 1.807) is 0 Å². The van der Waals surface area contributed by atoms with Gasteiger partial charge in [0.15, 0.2) is 0 Å². The van der Waals surface area contributed by atoms with Crippen LogP contribution < -0.4 is 0 Å². The number of hydrogen-bond donors (Lipinski definition) is 0. The third-order valence-corrected chi connectivity index (χ3v) is 6.03.